The van der Waals surface area contributed by atoms with E-state index < -0.39 is 16.9 Å². The number of amides is 1. The van der Waals surface area contributed by atoms with Crippen molar-refractivity contribution in [2.75, 3.05) is 28.6 Å². The van der Waals surface area contributed by atoms with Gasteiger partial charge >= 0.3 is 6.18 Å². The van der Waals surface area contributed by atoms with Crippen LogP contribution in [0.15, 0.2) is 43.4 Å². The summed E-state index contributed by atoms with van der Waals surface area (Å²) in [6.07, 6.45) is -0.480. The Balaban J connectivity index is 1.51. The molecular weight excluding hydrogens is 447 g/mol. The lowest BCUT2D eigenvalue weighted by Gasteiger charge is -2.20. The van der Waals surface area contributed by atoms with Crippen molar-refractivity contribution in [3.05, 3.63) is 54.1 Å². The van der Waals surface area contributed by atoms with Gasteiger partial charge < -0.3 is 15.5 Å². The maximum Gasteiger partial charge on any atom is 0.435 e. The van der Waals surface area contributed by atoms with Crippen molar-refractivity contribution in [3.63, 3.8) is 0 Å². The molecule has 2 N–H and O–H groups in total. The molecule has 0 saturated carbocycles. The Hall–Kier alpha value is -3.47. The minimum absolute atomic E-state index is 0.135. The summed E-state index contributed by atoms with van der Waals surface area (Å²) in [7, 11) is 0. The molecule has 2 aromatic heterocycles. The number of hydrogen-bond donors (Lipinski definition) is 2. The van der Waals surface area contributed by atoms with Crippen LogP contribution in [0.25, 0.3) is 10.9 Å². The third-order valence-corrected chi connectivity index (χ3v) is 5.18. The molecule has 1 unspecified atom stereocenters. The highest BCUT2D eigenvalue weighted by Crippen LogP contribution is 2.33. The summed E-state index contributed by atoms with van der Waals surface area (Å²) < 4.78 is 39.1. The van der Waals surface area contributed by atoms with Gasteiger partial charge in [-0.15, -0.1) is 0 Å². The lowest BCUT2D eigenvalue weighted by molar-refractivity contribution is -0.141. The molecule has 1 atom stereocenters. The molecule has 4 rings (SSSR count). The summed E-state index contributed by atoms with van der Waals surface area (Å²) in [5, 5.41) is 5.86. The molecule has 0 aliphatic carbocycles. The van der Waals surface area contributed by atoms with Crippen LogP contribution in [0, 0.1) is 0 Å². The minimum Gasteiger partial charge on any atom is -0.354 e. The van der Waals surface area contributed by atoms with Crippen molar-refractivity contribution in [3.8, 4) is 0 Å². The summed E-state index contributed by atoms with van der Waals surface area (Å²) in [6.45, 7) is 4.53. The predicted octanol–water partition coefficient (Wildman–Crippen LogP) is 3.91. The second-order valence-corrected chi connectivity index (χ2v) is 7.49. The summed E-state index contributed by atoms with van der Waals surface area (Å²) in [4.78, 5) is 29.6. The lowest BCUT2D eigenvalue weighted by Crippen LogP contribution is -2.27. The molecule has 1 aliphatic rings. The summed E-state index contributed by atoms with van der Waals surface area (Å²) in [6, 6.07) is 5.09. The van der Waals surface area contributed by atoms with Crippen LogP contribution in [0.5, 0.6) is 0 Å². The number of nitrogens with zero attached hydrogens (tertiary/aromatic N) is 5. The Labute approximate surface area is 185 Å². The minimum atomic E-state index is -4.66. The normalized spacial score (nSPS) is 16.2. The number of anilines is 3. The molecule has 12 heteroatoms. The third kappa shape index (κ3) is 4.57. The van der Waals surface area contributed by atoms with E-state index in [4.69, 9.17) is 11.6 Å². The predicted molar refractivity (Wildman–Crippen MR) is 115 cm³/mol. The van der Waals surface area contributed by atoms with Crippen LogP contribution in [0.4, 0.5) is 30.6 Å². The van der Waals surface area contributed by atoms with Crippen LogP contribution in [-0.2, 0) is 11.0 Å². The van der Waals surface area contributed by atoms with Crippen LogP contribution >= 0.6 is 11.6 Å². The highest BCUT2D eigenvalue weighted by molar-refractivity contribution is 6.31. The van der Waals surface area contributed by atoms with E-state index in [-0.39, 0.29) is 17.9 Å². The number of alkyl halides is 3. The van der Waals surface area contributed by atoms with Crippen molar-refractivity contribution < 1.29 is 18.0 Å². The number of hydrogen-bond acceptors (Lipinski definition) is 7. The smallest absolute Gasteiger partial charge is 0.354 e. The molecule has 0 bridgehead atoms. The van der Waals surface area contributed by atoms with Gasteiger partial charge in [-0.1, -0.05) is 18.2 Å². The fraction of sp³-hybridized carbons (Fsp3) is 0.250. The number of carbonyl (C=O) groups is 1. The number of nitrogens with one attached hydrogen (secondary N) is 2. The first-order chi connectivity index (χ1) is 15.2. The lowest BCUT2D eigenvalue weighted by atomic mass is 10.2. The highest BCUT2D eigenvalue weighted by atomic mass is 35.5. The van der Waals surface area contributed by atoms with Gasteiger partial charge in [0.2, 0.25) is 11.9 Å². The molecular formula is C20H17ClF3N7O. The average Bonchev–Trinajstić information content (AvgIpc) is 3.22. The molecule has 1 amide bonds. The van der Waals surface area contributed by atoms with Gasteiger partial charge in [0.25, 0.3) is 0 Å². The van der Waals surface area contributed by atoms with Gasteiger partial charge in [-0.25, -0.2) is 19.9 Å². The second-order valence-electron chi connectivity index (χ2n) is 7.09. The topological polar surface area (TPSA) is 95.9 Å². The van der Waals surface area contributed by atoms with Crippen molar-refractivity contribution in [1.82, 2.24) is 19.9 Å². The van der Waals surface area contributed by atoms with E-state index in [1.165, 1.54) is 12.4 Å². The van der Waals surface area contributed by atoms with E-state index in [0.717, 1.165) is 11.6 Å². The van der Waals surface area contributed by atoms with E-state index in [1.54, 1.807) is 12.1 Å². The zero-order valence-electron chi connectivity index (χ0n) is 16.5. The number of halogens is 4. The van der Waals surface area contributed by atoms with Crippen LogP contribution < -0.4 is 15.5 Å². The number of carbonyl (C=O) groups excluding carboxylic acids is 1. The zero-order chi connectivity index (χ0) is 22.9. The second kappa shape index (κ2) is 8.58. The van der Waals surface area contributed by atoms with Crippen molar-refractivity contribution in [2.24, 2.45) is 0 Å². The van der Waals surface area contributed by atoms with E-state index in [2.05, 4.69) is 37.1 Å². The molecule has 1 aliphatic heterocycles. The molecule has 0 radical (unpaired) electrons. The monoisotopic (exact) mass is 463 g/mol. The zero-order valence-corrected chi connectivity index (χ0v) is 17.3. The Kier molecular flexibility index (Phi) is 5.83. The Morgan fingerprint density at radius 2 is 2.09 bits per heavy atom. The van der Waals surface area contributed by atoms with Gasteiger partial charge in [-0.05, 0) is 30.7 Å². The van der Waals surface area contributed by atoms with Gasteiger partial charge in [-0.3, -0.25) is 4.79 Å². The molecule has 1 aromatic carbocycles. The number of benzene rings is 1. The fourth-order valence-corrected chi connectivity index (χ4v) is 3.65. The first-order valence-electron chi connectivity index (χ1n) is 9.54. The van der Waals surface area contributed by atoms with E-state index in [0.29, 0.717) is 36.5 Å². The highest BCUT2D eigenvalue weighted by Gasteiger charge is 2.36. The number of aromatic nitrogens is 4. The Bertz CT molecular complexity index is 1190. The average molecular weight is 464 g/mol. The summed E-state index contributed by atoms with van der Waals surface area (Å²) >= 11 is 5.58. The Morgan fingerprint density at radius 1 is 1.28 bits per heavy atom. The van der Waals surface area contributed by atoms with Crippen molar-refractivity contribution >= 4 is 45.9 Å². The van der Waals surface area contributed by atoms with E-state index >= 15 is 0 Å². The van der Waals surface area contributed by atoms with E-state index in [1.807, 2.05) is 11.0 Å². The Morgan fingerprint density at radius 3 is 2.84 bits per heavy atom. The molecule has 32 heavy (non-hydrogen) atoms. The quantitative estimate of drug-likeness (QED) is 0.554. The first-order valence-corrected chi connectivity index (χ1v) is 9.92. The SMILES string of the molecule is C=CC(=O)Nc1ccc2c(N3CCC(Nc4ncc(Cl)c(C(F)(F)F)n4)C3)ncnc2c1. The van der Waals surface area contributed by atoms with Crippen LogP contribution in [0.1, 0.15) is 12.1 Å². The van der Waals surface area contributed by atoms with Gasteiger partial charge in [0, 0.05) is 30.2 Å². The van der Waals surface area contributed by atoms with Gasteiger partial charge in [-0.2, -0.15) is 13.2 Å². The maximum absolute atomic E-state index is 13.0. The van der Waals surface area contributed by atoms with Gasteiger partial charge in [0.1, 0.15) is 12.1 Å². The standard InChI is InChI=1S/C20H17ClF3N7O/c1-2-16(32)28-11-3-4-13-15(7-11)26-10-27-18(13)31-6-5-12(9-31)29-19-25-8-14(21)17(30-19)20(22,23)24/h2-4,7-8,10,12H,1,5-6,9H2,(H,28,32)(H,25,29,30). The number of fused-ring (bicyclic) bond motifs is 1. The molecule has 166 valence electrons. The van der Waals surface area contributed by atoms with Crippen molar-refractivity contribution in [1.29, 1.82) is 0 Å². The van der Waals surface area contributed by atoms with Crippen LogP contribution in [-0.4, -0.2) is 45.0 Å². The summed E-state index contributed by atoms with van der Waals surface area (Å²) in [5.74, 6) is 0.225. The molecule has 1 fully saturated rings. The molecule has 3 heterocycles. The van der Waals surface area contributed by atoms with Crippen LogP contribution in [0.3, 0.4) is 0 Å². The number of rotatable bonds is 5. The fourth-order valence-electron chi connectivity index (χ4n) is 3.45. The first kappa shape index (κ1) is 21.8. The molecule has 1 saturated heterocycles. The van der Waals surface area contributed by atoms with Crippen LogP contribution in [0.2, 0.25) is 5.02 Å². The third-order valence-electron chi connectivity index (χ3n) is 4.90. The largest absolute Gasteiger partial charge is 0.435 e. The molecule has 8 nitrogen and oxygen atoms in total. The van der Waals surface area contributed by atoms with Crippen molar-refractivity contribution in [2.45, 2.75) is 18.6 Å². The summed E-state index contributed by atoms with van der Waals surface area (Å²) in [5.41, 5.74) is 0.0464. The maximum atomic E-state index is 13.0. The van der Waals surface area contributed by atoms with Gasteiger partial charge in [0.15, 0.2) is 5.69 Å². The molecule has 0 spiro atoms. The molecule has 3 aromatic rings. The van der Waals surface area contributed by atoms with Gasteiger partial charge in [0.05, 0.1) is 16.7 Å². The van der Waals surface area contributed by atoms with E-state index in [9.17, 15) is 18.0 Å².